The highest BCUT2D eigenvalue weighted by Gasteiger charge is 2.19. The Morgan fingerprint density at radius 1 is 1.27 bits per heavy atom. The molecule has 0 saturated heterocycles. The summed E-state index contributed by atoms with van der Waals surface area (Å²) in [5.74, 6) is 0.898. The first-order valence-corrected chi connectivity index (χ1v) is 10.4. The first kappa shape index (κ1) is 18.7. The average Bonchev–Trinajstić information content (AvgIpc) is 2.68. The van der Waals surface area contributed by atoms with E-state index in [2.05, 4.69) is 26.0 Å². The molecule has 2 aliphatic rings. The van der Waals surface area contributed by atoms with Crippen LogP contribution in [0.25, 0.3) is 0 Å². The van der Waals surface area contributed by atoms with Crippen LogP contribution in [-0.4, -0.2) is 46.3 Å². The van der Waals surface area contributed by atoms with E-state index in [-0.39, 0.29) is 10.9 Å². The van der Waals surface area contributed by atoms with Crippen molar-refractivity contribution in [2.45, 2.75) is 37.0 Å². The van der Waals surface area contributed by atoms with Crippen molar-refractivity contribution in [1.82, 2.24) is 14.9 Å². The maximum absolute atomic E-state index is 12.4. The number of sulfonamides is 1. The lowest BCUT2D eigenvalue weighted by atomic mass is 9.97. The van der Waals surface area contributed by atoms with Gasteiger partial charge >= 0.3 is 0 Å². The summed E-state index contributed by atoms with van der Waals surface area (Å²) in [4.78, 5) is 6.66. The molecule has 26 heavy (non-hydrogen) atoms. The van der Waals surface area contributed by atoms with Crippen LogP contribution in [0.2, 0.25) is 0 Å². The summed E-state index contributed by atoms with van der Waals surface area (Å²) < 4.78 is 32.4. The van der Waals surface area contributed by atoms with Gasteiger partial charge in [0.05, 0.1) is 25.3 Å². The summed E-state index contributed by atoms with van der Waals surface area (Å²) in [5.41, 5.74) is 1.53. The number of methoxy groups -OCH3 is 1. The van der Waals surface area contributed by atoms with E-state index in [0.29, 0.717) is 19.1 Å². The molecule has 0 unspecified atom stereocenters. The second kappa shape index (κ2) is 8.55. The molecule has 0 fully saturated rings. The van der Waals surface area contributed by atoms with E-state index in [1.165, 1.54) is 43.4 Å². The average molecular weight is 378 g/mol. The lowest BCUT2D eigenvalue weighted by Gasteiger charge is -2.27. The van der Waals surface area contributed by atoms with Gasteiger partial charge in [0.25, 0.3) is 10.0 Å². The van der Waals surface area contributed by atoms with Gasteiger partial charge in [-0.1, -0.05) is 11.6 Å². The number of guanidine groups is 1. The Morgan fingerprint density at radius 3 is 2.69 bits per heavy atom. The van der Waals surface area contributed by atoms with Gasteiger partial charge in [-0.3, -0.25) is 4.90 Å². The molecule has 1 aromatic rings. The van der Waals surface area contributed by atoms with Crippen molar-refractivity contribution in [3.63, 3.8) is 0 Å². The van der Waals surface area contributed by atoms with Crippen molar-refractivity contribution < 1.29 is 13.2 Å². The number of ether oxygens (including phenoxy) is 1. The SMILES string of the molecule is COc1ccc(S(=O)(=O)NC2=NCN(CCC3=CCCCC3)CN2)cc1. The number of aliphatic imine (C=N–C) groups is 1. The molecule has 0 aromatic heterocycles. The minimum absolute atomic E-state index is 0.175. The first-order valence-electron chi connectivity index (χ1n) is 8.92. The van der Waals surface area contributed by atoms with E-state index in [1.54, 1.807) is 19.2 Å². The number of hydrogen-bond donors (Lipinski definition) is 2. The van der Waals surface area contributed by atoms with E-state index < -0.39 is 10.0 Å². The molecule has 0 saturated carbocycles. The predicted molar refractivity (Wildman–Crippen MR) is 101 cm³/mol. The van der Waals surface area contributed by atoms with Crippen molar-refractivity contribution in [1.29, 1.82) is 0 Å². The van der Waals surface area contributed by atoms with Crippen LogP contribution in [0.5, 0.6) is 5.75 Å². The topological polar surface area (TPSA) is 83.0 Å². The van der Waals surface area contributed by atoms with Crippen LogP contribution in [0.4, 0.5) is 0 Å². The molecule has 0 atom stereocenters. The number of hydrogen-bond acceptors (Lipinski definition) is 6. The lowest BCUT2D eigenvalue weighted by Crippen LogP contribution is -2.50. The molecule has 1 heterocycles. The lowest BCUT2D eigenvalue weighted by molar-refractivity contribution is 0.265. The molecule has 1 aliphatic heterocycles. The van der Waals surface area contributed by atoms with E-state index in [1.807, 2.05) is 0 Å². The standard InChI is InChI=1S/C18H26N4O3S/c1-25-16-7-9-17(10-8-16)26(23,24)21-18-19-13-22(14-20-18)12-11-15-5-3-2-4-6-15/h5,7-10H,2-4,6,11-14H2,1H3,(H2,19,20,21). The van der Waals surface area contributed by atoms with Gasteiger partial charge in [-0.2, -0.15) is 0 Å². The summed E-state index contributed by atoms with van der Waals surface area (Å²) in [5, 5.41) is 3.05. The van der Waals surface area contributed by atoms with E-state index in [0.717, 1.165) is 13.0 Å². The summed E-state index contributed by atoms with van der Waals surface area (Å²) >= 11 is 0. The largest absolute Gasteiger partial charge is 0.497 e. The molecule has 7 nitrogen and oxygen atoms in total. The Kier molecular flexibility index (Phi) is 6.16. The molecule has 0 radical (unpaired) electrons. The Bertz CT molecular complexity index is 772. The highest BCUT2D eigenvalue weighted by atomic mass is 32.2. The smallest absolute Gasteiger partial charge is 0.264 e. The monoisotopic (exact) mass is 378 g/mol. The van der Waals surface area contributed by atoms with Crippen LogP contribution in [0.3, 0.4) is 0 Å². The van der Waals surface area contributed by atoms with E-state index in [4.69, 9.17) is 4.74 Å². The van der Waals surface area contributed by atoms with Crippen molar-refractivity contribution in [3.8, 4) is 5.75 Å². The number of allylic oxidation sites excluding steroid dienone is 1. The van der Waals surface area contributed by atoms with Gasteiger partial charge in [0.1, 0.15) is 5.75 Å². The maximum atomic E-state index is 12.4. The maximum Gasteiger partial charge on any atom is 0.264 e. The van der Waals surface area contributed by atoms with Gasteiger partial charge in [-0.05, 0) is 56.4 Å². The minimum Gasteiger partial charge on any atom is -0.497 e. The number of benzene rings is 1. The fourth-order valence-electron chi connectivity index (χ4n) is 3.06. The Hall–Kier alpha value is -2.06. The van der Waals surface area contributed by atoms with Gasteiger partial charge in [-0.25, -0.2) is 18.1 Å². The van der Waals surface area contributed by atoms with Gasteiger partial charge < -0.3 is 10.1 Å². The van der Waals surface area contributed by atoms with Crippen molar-refractivity contribution >= 4 is 16.0 Å². The molecule has 2 N–H and O–H groups in total. The molecule has 0 bridgehead atoms. The Labute approximate surface area is 155 Å². The molecule has 0 spiro atoms. The third kappa shape index (κ3) is 4.98. The van der Waals surface area contributed by atoms with Gasteiger partial charge in [0, 0.05) is 6.54 Å². The predicted octanol–water partition coefficient (Wildman–Crippen LogP) is 2.04. The minimum atomic E-state index is -3.66. The molecular weight excluding hydrogens is 352 g/mol. The Balaban J connectivity index is 1.52. The second-order valence-corrected chi connectivity index (χ2v) is 8.20. The summed E-state index contributed by atoms with van der Waals surface area (Å²) in [6.07, 6.45) is 8.42. The van der Waals surface area contributed by atoms with Crippen LogP contribution in [0, 0.1) is 0 Å². The van der Waals surface area contributed by atoms with Crippen molar-refractivity contribution in [2.75, 3.05) is 27.0 Å². The van der Waals surface area contributed by atoms with Gasteiger partial charge in [-0.15, -0.1) is 0 Å². The van der Waals surface area contributed by atoms with E-state index >= 15 is 0 Å². The van der Waals surface area contributed by atoms with Crippen LogP contribution in [-0.2, 0) is 10.0 Å². The molecular formula is C18H26N4O3S. The first-order chi connectivity index (χ1) is 12.6. The normalized spacial score (nSPS) is 18.5. The molecule has 0 amide bonds. The quantitative estimate of drug-likeness (QED) is 0.740. The summed E-state index contributed by atoms with van der Waals surface area (Å²) in [7, 11) is -2.12. The Morgan fingerprint density at radius 2 is 2.08 bits per heavy atom. The highest BCUT2D eigenvalue weighted by molar-refractivity contribution is 7.90. The van der Waals surface area contributed by atoms with Crippen LogP contribution >= 0.6 is 0 Å². The summed E-state index contributed by atoms with van der Waals surface area (Å²) in [6, 6.07) is 6.25. The summed E-state index contributed by atoms with van der Waals surface area (Å²) in [6.45, 7) is 2.00. The third-order valence-electron chi connectivity index (χ3n) is 4.63. The number of nitrogens with zero attached hydrogens (tertiary/aromatic N) is 2. The zero-order valence-corrected chi connectivity index (χ0v) is 15.9. The fourth-order valence-corrected chi connectivity index (χ4v) is 4.06. The number of nitrogens with one attached hydrogen (secondary N) is 2. The molecule has 142 valence electrons. The van der Waals surface area contributed by atoms with Crippen LogP contribution < -0.4 is 14.8 Å². The van der Waals surface area contributed by atoms with Crippen molar-refractivity contribution in [2.24, 2.45) is 4.99 Å². The zero-order chi connectivity index (χ0) is 18.4. The van der Waals surface area contributed by atoms with Crippen molar-refractivity contribution in [3.05, 3.63) is 35.9 Å². The molecule has 3 rings (SSSR count). The number of rotatable bonds is 6. The van der Waals surface area contributed by atoms with Gasteiger partial charge in [0.15, 0.2) is 0 Å². The molecule has 1 aliphatic carbocycles. The fraction of sp³-hybridized carbons (Fsp3) is 0.500. The van der Waals surface area contributed by atoms with E-state index in [9.17, 15) is 8.42 Å². The second-order valence-electron chi connectivity index (χ2n) is 6.52. The third-order valence-corrected chi connectivity index (χ3v) is 5.99. The molecule has 1 aromatic carbocycles. The van der Waals surface area contributed by atoms with Gasteiger partial charge in [0.2, 0.25) is 5.96 Å². The highest BCUT2D eigenvalue weighted by Crippen LogP contribution is 2.20. The van der Waals surface area contributed by atoms with Crippen LogP contribution in [0.1, 0.15) is 32.1 Å². The molecule has 8 heteroatoms. The zero-order valence-electron chi connectivity index (χ0n) is 15.1. The van der Waals surface area contributed by atoms with Crippen LogP contribution in [0.15, 0.2) is 45.8 Å².